The van der Waals surface area contributed by atoms with Crippen LogP contribution in [0.15, 0.2) is 0 Å². The molecule has 0 saturated carbocycles. The third-order valence-corrected chi connectivity index (χ3v) is 3.15. The number of nitrogens with two attached hydrogens (primary N) is 1. The van der Waals surface area contributed by atoms with E-state index in [0.717, 1.165) is 39.3 Å². The fourth-order valence-corrected chi connectivity index (χ4v) is 2.06. The molecule has 0 aliphatic carbocycles. The standard InChI is InChI=1S/C14H32N2O2/c1-13(6-5-7-14(2)15)12-16(8-10-17-3)9-11-18-4/h13-14H,5-12,15H2,1-4H3. The van der Waals surface area contributed by atoms with Crippen molar-refractivity contribution in [3.63, 3.8) is 0 Å². The number of hydrogen-bond acceptors (Lipinski definition) is 4. The van der Waals surface area contributed by atoms with E-state index in [-0.39, 0.29) is 0 Å². The fourth-order valence-electron chi connectivity index (χ4n) is 2.06. The quantitative estimate of drug-likeness (QED) is 0.580. The highest BCUT2D eigenvalue weighted by atomic mass is 16.5. The predicted molar refractivity (Wildman–Crippen MR) is 76.9 cm³/mol. The lowest BCUT2D eigenvalue weighted by atomic mass is 10.0. The average Bonchev–Trinajstić information content (AvgIpc) is 2.32. The summed E-state index contributed by atoms with van der Waals surface area (Å²) in [5.74, 6) is 0.706. The Bertz CT molecular complexity index is 169. The summed E-state index contributed by atoms with van der Waals surface area (Å²) in [4.78, 5) is 2.42. The van der Waals surface area contributed by atoms with E-state index in [1.54, 1.807) is 14.2 Å². The highest BCUT2D eigenvalue weighted by Crippen LogP contribution is 2.10. The van der Waals surface area contributed by atoms with E-state index in [0.29, 0.717) is 12.0 Å². The van der Waals surface area contributed by atoms with Crippen LogP contribution in [0.25, 0.3) is 0 Å². The van der Waals surface area contributed by atoms with Gasteiger partial charge in [0.25, 0.3) is 0 Å². The maximum absolute atomic E-state index is 5.77. The molecule has 0 aliphatic rings. The third-order valence-electron chi connectivity index (χ3n) is 3.15. The second kappa shape index (κ2) is 11.9. The minimum atomic E-state index is 0.329. The summed E-state index contributed by atoms with van der Waals surface area (Å²) in [6.07, 6.45) is 3.60. The molecule has 0 amide bonds. The van der Waals surface area contributed by atoms with Crippen LogP contribution < -0.4 is 5.73 Å². The summed E-state index contributed by atoms with van der Waals surface area (Å²) >= 11 is 0. The van der Waals surface area contributed by atoms with Crippen molar-refractivity contribution in [2.24, 2.45) is 11.7 Å². The second-order valence-corrected chi connectivity index (χ2v) is 5.30. The van der Waals surface area contributed by atoms with Crippen molar-refractivity contribution in [2.45, 2.75) is 39.2 Å². The van der Waals surface area contributed by atoms with E-state index in [2.05, 4.69) is 18.7 Å². The van der Waals surface area contributed by atoms with Crippen molar-refractivity contribution in [1.82, 2.24) is 4.90 Å². The molecule has 4 nitrogen and oxygen atoms in total. The second-order valence-electron chi connectivity index (χ2n) is 5.30. The van der Waals surface area contributed by atoms with Crippen LogP contribution in [0.1, 0.15) is 33.1 Å². The largest absolute Gasteiger partial charge is 0.383 e. The summed E-state index contributed by atoms with van der Waals surface area (Å²) in [5, 5.41) is 0. The van der Waals surface area contributed by atoms with Gasteiger partial charge in [0, 0.05) is 39.9 Å². The normalized spacial score (nSPS) is 15.0. The van der Waals surface area contributed by atoms with Crippen LogP contribution in [0.5, 0.6) is 0 Å². The maximum Gasteiger partial charge on any atom is 0.0589 e. The van der Waals surface area contributed by atoms with Gasteiger partial charge >= 0.3 is 0 Å². The molecular formula is C14H32N2O2. The molecule has 4 heteroatoms. The summed E-state index contributed by atoms with van der Waals surface area (Å²) in [5.41, 5.74) is 5.77. The number of ether oxygens (including phenoxy) is 2. The van der Waals surface area contributed by atoms with Crippen LogP contribution in [0, 0.1) is 5.92 Å². The maximum atomic E-state index is 5.77. The van der Waals surface area contributed by atoms with E-state index in [4.69, 9.17) is 15.2 Å². The molecular weight excluding hydrogens is 228 g/mol. The number of hydrogen-bond donors (Lipinski definition) is 1. The Morgan fingerprint density at radius 3 is 2.00 bits per heavy atom. The van der Waals surface area contributed by atoms with Crippen LogP contribution in [0.3, 0.4) is 0 Å². The number of rotatable bonds is 12. The van der Waals surface area contributed by atoms with Crippen molar-refractivity contribution in [2.75, 3.05) is 47.1 Å². The van der Waals surface area contributed by atoms with E-state index in [9.17, 15) is 0 Å². The SMILES string of the molecule is COCCN(CCOC)CC(C)CCCC(C)N. The Kier molecular flexibility index (Phi) is 11.8. The molecule has 0 rings (SSSR count). The molecule has 0 saturated heterocycles. The van der Waals surface area contributed by atoms with Gasteiger partial charge in [-0.25, -0.2) is 0 Å². The van der Waals surface area contributed by atoms with E-state index in [1.807, 2.05) is 0 Å². The molecule has 0 spiro atoms. The van der Waals surface area contributed by atoms with Crippen molar-refractivity contribution in [3.05, 3.63) is 0 Å². The van der Waals surface area contributed by atoms with Crippen molar-refractivity contribution in [1.29, 1.82) is 0 Å². The lowest BCUT2D eigenvalue weighted by Crippen LogP contribution is -2.34. The Hall–Kier alpha value is -0.160. The Morgan fingerprint density at radius 1 is 1.00 bits per heavy atom. The lowest BCUT2D eigenvalue weighted by Gasteiger charge is -2.25. The highest BCUT2D eigenvalue weighted by molar-refractivity contribution is 4.64. The van der Waals surface area contributed by atoms with Gasteiger partial charge in [-0.1, -0.05) is 13.3 Å². The Labute approximate surface area is 113 Å². The summed E-state index contributed by atoms with van der Waals surface area (Å²) < 4.78 is 10.3. The van der Waals surface area contributed by atoms with Gasteiger partial charge < -0.3 is 15.2 Å². The monoisotopic (exact) mass is 260 g/mol. The molecule has 0 radical (unpaired) electrons. The minimum Gasteiger partial charge on any atom is -0.383 e. The number of nitrogens with zero attached hydrogens (tertiary/aromatic N) is 1. The molecule has 18 heavy (non-hydrogen) atoms. The van der Waals surface area contributed by atoms with Gasteiger partial charge in [0.1, 0.15) is 0 Å². The predicted octanol–water partition coefficient (Wildman–Crippen LogP) is 1.73. The van der Waals surface area contributed by atoms with Gasteiger partial charge in [-0.3, -0.25) is 4.90 Å². The van der Waals surface area contributed by atoms with Crippen LogP contribution in [0.2, 0.25) is 0 Å². The van der Waals surface area contributed by atoms with Crippen molar-refractivity contribution >= 4 is 0 Å². The zero-order chi connectivity index (χ0) is 13.8. The van der Waals surface area contributed by atoms with Crippen LogP contribution in [-0.4, -0.2) is 58.0 Å². The van der Waals surface area contributed by atoms with Gasteiger partial charge in [0.2, 0.25) is 0 Å². The average molecular weight is 260 g/mol. The first kappa shape index (κ1) is 17.8. The van der Waals surface area contributed by atoms with E-state index < -0.39 is 0 Å². The van der Waals surface area contributed by atoms with Gasteiger partial charge in [0.05, 0.1) is 13.2 Å². The first-order valence-corrected chi connectivity index (χ1v) is 7.06. The molecule has 0 fully saturated rings. The van der Waals surface area contributed by atoms with Crippen molar-refractivity contribution in [3.8, 4) is 0 Å². The molecule has 2 atom stereocenters. The lowest BCUT2D eigenvalue weighted by molar-refractivity contribution is 0.104. The minimum absolute atomic E-state index is 0.329. The third kappa shape index (κ3) is 11.0. The first-order chi connectivity index (χ1) is 8.60. The molecule has 0 aliphatic heterocycles. The molecule has 0 aromatic heterocycles. The zero-order valence-corrected chi connectivity index (χ0v) is 12.7. The summed E-state index contributed by atoms with van der Waals surface area (Å²) in [6, 6.07) is 0.329. The molecule has 2 unspecified atom stereocenters. The van der Waals surface area contributed by atoms with E-state index >= 15 is 0 Å². The summed E-state index contributed by atoms with van der Waals surface area (Å²) in [7, 11) is 3.50. The Balaban J connectivity index is 3.81. The first-order valence-electron chi connectivity index (χ1n) is 7.06. The topological polar surface area (TPSA) is 47.7 Å². The molecule has 0 heterocycles. The summed E-state index contributed by atoms with van der Waals surface area (Å²) in [6.45, 7) is 9.05. The van der Waals surface area contributed by atoms with Crippen LogP contribution >= 0.6 is 0 Å². The molecule has 2 N–H and O–H groups in total. The smallest absolute Gasteiger partial charge is 0.0589 e. The fraction of sp³-hybridized carbons (Fsp3) is 1.00. The highest BCUT2D eigenvalue weighted by Gasteiger charge is 2.10. The number of methoxy groups -OCH3 is 2. The van der Waals surface area contributed by atoms with Gasteiger partial charge in [-0.2, -0.15) is 0 Å². The van der Waals surface area contributed by atoms with Crippen molar-refractivity contribution < 1.29 is 9.47 Å². The zero-order valence-electron chi connectivity index (χ0n) is 12.7. The van der Waals surface area contributed by atoms with Gasteiger partial charge in [0.15, 0.2) is 0 Å². The Morgan fingerprint density at radius 2 is 1.56 bits per heavy atom. The molecule has 110 valence electrons. The van der Waals surface area contributed by atoms with Gasteiger partial charge in [-0.15, -0.1) is 0 Å². The van der Waals surface area contributed by atoms with E-state index in [1.165, 1.54) is 12.8 Å². The molecule has 0 bridgehead atoms. The van der Waals surface area contributed by atoms with Crippen LogP contribution in [0.4, 0.5) is 0 Å². The van der Waals surface area contributed by atoms with Crippen LogP contribution in [-0.2, 0) is 9.47 Å². The van der Waals surface area contributed by atoms with Gasteiger partial charge in [-0.05, 0) is 25.7 Å². The molecule has 0 aromatic carbocycles. The molecule has 0 aromatic rings.